The molecule has 0 heterocycles. The van der Waals surface area contributed by atoms with E-state index in [0.717, 1.165) is 0 Å². The smallest absolute Gasteiger partial charge is 0.292 e. The number of hydrogen-bond acceptors (Lipinski definition) is 4. The van der Waals surface area contributed by atoms with Gasteiger partial charge in [0, 0.05) is 0 Å². The molecule has 0 aliphatic heterocycles. The molecule has 0 N–H and O–H groups in total. The van der Waals surface area contributed by atoms with Crippen molar-refractivity contribution in [2.75, 3.05) is 7.11 Å². The first-order chi connectivity index (χ1) is 3.91. The number of carbonyl (C=O) groups is 3. The standard InChI is InChI=1S/C2H4O2.2CH2O/c1-4-2-3;2*1-2/h2H,1H3;2*1H2. The Morgan fingerprint density at radius 1 is 1.25 bits per heavy atom. The molecule has 0 unspecified atom stereocenters. The Morgan fingerprint density at radius 3 is 1.38 bits per heavy atom. The molecule has 8 heavy (non-hydrogen) atoms. The molecule has 4 nitrogen and oxygen atoms in total. The van der Waals surface area contributed by atoms with Crippen molar-refractivity contribution in [3.05, 3.63) is 0 Å². The largest absolute Gasteiger partial charge is 0.471 e. The van der Waals surface area contributed by atoms with E-state index in [1.54, 1.807) is 0 Å². The summed E-state index contributed by atoms with van der Waals surface area (Å²) in [6.07, 6.45) is 0. The molecule has 0 aromatic rings. The second kappa shape index (κ2) is 205. The molecule has 0 aromatic heterocycles. The van der Waals surface area contributed by atoms with E-state index in [4.69, 9.17) is 14.4 Å². The number of methoxy groups -OCH3 is 1. The summed E-state index contributed by atoms with van der Waals surface area (Å²) in [6, 6.07) is 0. The second-order valence-corrected chi connectivity index (χ2v) is 0.332. The highest BCUT2D eigenvalue weighted by Gasteiger charge is 1.44. The number of rotatable bonds is 1. The van der Waals surface area contributed by atoms with Crippen LogP contribution in [0.2, 0.25) is 0 Å². The summed E-state index contributed by atoms with van der Waals surface area (Å²) < 4.78 is 3.86. The fourth-order valence-electron chi connectivity index (χ4n) is 0. The van der Waals surface area contributed by atoms with Crippen LogP contribution in [-0.4, -0.2) is 27.2 Å². The third-order valence-electron chi connectivity index (χ3n) is 0.0962. The summed E-state index contributed by atoms with van der Waals surface area (Å²) in [5.41, 5.74) is 0. The minimum atomic E-state index is 0.375. The van der Waals surface area contributed by atoms with E-state index in [1.807, 2.05) is 13.6 Å². The van der Waals surface area contributed by atoms with Crippen molar-refractivity contribution in [3.63, 3.8) is 0 Å². The number of hydrogen-bond donors (Lipinski definition) is 0. The molecule has 0 rings (SSSR count). The van der Waals surface area contributed by atoms with Gasteiger partial charge in [0.25, 0.3) is 6.47 Å². The molecule has 0 aliphatic rings. The zero-order valence-electron chi connectivity index (χ0n) is 4.62. The van der Waals surface area contributed by atoms with E-state index in [-0.39, 0.29) is 0 Å². The lowest BCUT2D eigenvalue weighted by Gasteiger charge is -1.67. The Hall–Kier alpha value is -1.19. The van der Waals surface area contributed by atoms with Gasteiger partial charge < -0.3 is 14.3 Å². The highest BCUT2D eigenvalue weighted by molar-refractivity contribution is 5.36. The molecule has 0 amide bonds. The molecule has 4 heteroatoms. The Balaban J connectivity index is -0.0000000542. The molecule has 0 aliphatic carbocycles. The van der Waals surface area contributed by atoms with Crippen molar-refractivity contribution < 1.29 is 19.1 Å². The third kappa shape index (κ3) is 1930. The van der Waals surface area contributed by atoms with Crippen LogP contribution in [0.4, 0.5) is 0 Å². The van der Waals surface area contributed by atoms with Crippen LogP contribution >= 0.6 is 0 Å². The second-order valence-electron chi connectivity index (χ2n) is 0.332. The minimum Gasteiger partial charge on any atom is -0.471 e. The van der Waals surface area contributed by atoms with Gasteiger partial charge >= 0.3 is 0 Å². The van der Waals surface area contributed by atoms with Gasteiger partial charge in [-0.3, -0.25) is 4.79 Å². The van der Waals surface area contributed by atoms with Gasteiger partial charge in [-0.05, 0) is 0 Å². The zero-order chi connectivity index (χ0) is 7.41. The van der Waals surface area contributed by atoms with Crippen LogP contribution in [-0.2, 0) is 19.1 Å². The van der Waals surface area contributed by atoms with Crippen molar-refractivity contribution in [2.24, 2.45) is 0 Å². The SMILES string of the molecule is C=O.C=O.COC=O. The van der Waals surface area contributed by atoms with Crippen molar-refractivity contribution in [2.45, 2.75) is 0 Å². The Labute approximate surface area is 47.4 Å². The molecule has 0 saturated heterocycles. The van der Waals surface area contributed by atoms with Crippen LogP contribution in [0.3, 0.4) is 0 Å². The van der Waals surface area contributed by atoms with E-state index in [0.29, 0.717) is 6.47 Å². The summed E-state index contributed by atoms with van der Waals surface area (Å²) in [7, 11) is 1.31. The average molecular weight is 120 g/mol. The molecular weight excluding hydrogens is 112 g/mol. The summed E-state index contributed by atoms with van der Waals surface area (Å²) in [6.45, 7) is 4.38. The first-order valence-corrected chi connectivity index (χ1v) is 1.46. The van der Waals surface area contributed by atoms with E-state index in [9.17, 15) is 0 Å². The van der Waals surface area contributed by atoms with Crippen LogP contribution in [0.1, 0.15) is 0 Å². The molecular formula is C4H8O4. The van der Waals surface area contributed by atoms with Crippen molar-refractivity contribution >= 4 is 20.1 Å². The summed E-state index contributed by atoms with van der Waals surface area (Å²) in [5, 5.41) is 0. The van der Waals surface area contributed by atoms with Crippen LogP contribution in [0.5, 0.6) is 0 Å². The molecule has 0 radical (unpaired) electrons. The predicted octanol–water partition coefficient (Wildman–Crippen LogP) is -0.581. The van der Waals surface area contributed by atoms with Crippen LogP contribution in [0, 0.1) is 0 Å². The molecule has 0 fully saturated rings. The van der Waals surface area contributed by atoms with Crippen LogP contribution in [0.25, 0.3) is 0 Å². The molecule has 48 valence electrons. The molecule has 0 aromatic carbocycles. The summed E-state index contributed by atoms with van der Waals surface area (Å²) in [5.74, 6) is 0. The number of carbonyl (C=O) groups excluding carboxylic acids is 3. The summed E-state index contributed by atoms with van der Waals surface area (Å²) >= 11 is 0. The van der Waals surface area contributed by atoms with Crippen molar-refractivity contribution in [3.8, 4) is 0 Å². The first-order valence-electron chi connectivity index (χ1n) is 1.46. The van der Waals surface area contributed by atoms with Crippen molar-refractivity contribution in [1.29, 1.82) is 0 Å². The van der Waals surface area contributed by atoms with E-state index < -0.39 is 0 Å². The van der Waals surface area contributed by atoms with Gasteiger partial charge in [-0.1, -0.05) is 0 Å². The van der Waals surface area contributed by atoms with Crippen molar-refractivity contribution in [1.82, 2.24) is 0 Å². The fourth-order valence-corrected chi connectivity index (χ4v) is 0. The molecule has 0 atom stereocenters. The van der Waals surface area contributed by atoms with Crippen LogP contribution < -0.4 is 0 Å². The quantitative estimate of drug-likeness (QED) is 0.434. The van der Waals surface area contributed by atoms with E-state index in [2.05, 4.69) is 4.74 Å². The first kappa shape index (κ1) is 15.8. The van der Waals surface area contributed by atoms with Gasteiger partial charge in [0.2, 0.25) is 0 Å². The monoisotopic (exact) mass is 120 g/mol. The fraction of sp³-hybridized carbons (Fsp3) is 0.250. The average Bonchev–Trinajstić information content (AvgIpc) is 1.96. The predicted molar refractivity (Wildman–Crippen MR) is 27.3 cm³/mol. The number of ether oxygens (including phenoxy) is 1. The minimum absolute atomic E-state index is 0.375. The third-order valence-corrected chi connectivity index (χ3v) is 0.0962. The maximum Gasteiger partial charge on any atom is 0.292 e. The highest BCUT2D eigenvalue weighted by Crippen LogP contribution is 1.35. The summed E-state index contributed by atoms with van der Waals surface area (Å²) in [4.78, 5) is 25.0. The van der Waals surface area contributed by atoms with Gasteiger partial charge in [-0.25, -0.2) is 0 Å². The lowest BCUT2D eigenvalue weighted by Crippen LogP contribution is -1.68. The van der Waals surface area contributed by atoms with Gasteiger partial charge in [-0.15, -0.1) is 0 Å². The Kier molecular flexibility index (Phi) is 406. The van der Waals surface area contributed by atoms with E-state index >= 15 is 0 Å². The van der Waals surface area contributed by atoms with Gasteiger partial charge in [-0.2, -0.15) is 0 Å². The van der Waals surface area contributed by atoms with Gasteiger partial charge in [0.05, 0.1) is 7.11 Å². The lowest BCUT2D eigenvalue weighted by molar-refractivity contribution is -0.126. The maximum absolute atomic E-state index is 8.95. The molecule has 0 spiro atoms. The highest BCUT2D eigenvalue weighted by atomic mass is 16.5. The Morgan fingerprint density at radius 2 is 1.38 bits per heavy atom. The Bertz CT molecular complexity index is 35.0. The van der Waals surface area contributed by atoms with Gasteiger partial charge in [0.15, 0.2) is 0 Å². The molecule has 0 saturated carbocycles. The zero-order valence-corrected chi connectivity index (χ0v) is 4.62. The molecule has 0 bridgehead atoms. The normalized spacial score (nSPS) is 3.62. The maximum atomic E-state index is 8.95. The van der Waals surface area contributed by atoms with Gasteiger partial charge in [0.1, 0.15) is 13.6 Å². The van der Waals surface area contributed by atoms with E-state index in [1.165, 1.54) is 7.11 Å². The lowest BCUT2D eigenvalue weighted by atomic mass is 11.5. The van der Waals surface area contributed by atoms with Crippen LogP contribution in [0.15, 0.2) is 0 Å². The topological polar surface area (TPSA) is 60.4 Å².